The zero-order chi connectivity index (χ0) is 28.2. The number of halogens is 1. The molecule has 5 aromatic rings. The molecule has 0 atom stereocenters. The number of nitrogens with zero attached hydrogens (tertiary/aromatic N) is 2. The fourth-order valence-corrected chi connectivity index (χ4v) is 4.12. The first kappa shape index (κ1) is 26.2. The molecule has 0 saturated heterocycles. The summed E-state index contributed by atoms with van der Waals surface area (Å²) in [5.41, 5.74) is 3.19. The highest BCUT2D eigenvalue weighted by atomic mass is 19.1. The van der Waals surface area contributed by atoms with Gasteiger partial charge in [-0.1, -0.05) is 12.1 Å². The van der Waals surface area contributed by atoms with Gasteiger partial charge in [0.15, 0.2) is 5.76 Å². The fourth-order valence-electron chi connectivity index (χ4n) is 4.12. The van der Waals surface area contributed by atoms with Gasteiger partial charge in [-0.3, -0.25) is 9.59 Å². The number of methoxy groups -OCH3 is 2. The van der Waals surface area contributed by atoms with Crippen molar-refractivity contribution in [2.75, 3.05) is 19.5 Å². The van der Waals surface area contributed by atoms with Gasteiger partial charge in [0, 0.05) is 24.2 Å². The SMILES string of the molecule is COc1cc(OC)cc(-c2nn(-c3ccc(F)cc3)c(OC(C)=O)c2-c2ccc(NC(=O)c3ccco3)cc2)c1. The molecule has 202 valence electrons. The molecule has 9 nitrogen and oxygen atoms in total. The molecular weight excluding hydrogens is 517 g/mol. The van der Waals surface area contributed by atoms with Crippen molar-refractivity contribution in [1.82, 2.24) is 9.78 Å². The number of anilines is 1. The first-order valence-electron chi connectivity index (χ1n) is 12.1. The van der Waals surface area contributed by atoms with Crippen LogP contribution in [0.1, 0.15) is 17.5 Å². The van der Waals surface area contributed by atoms with Crippen LogP contribution >= 0.6 is 0 Å². The monoisotopic (exact) mass is 541 g/mol. The van der Waals surface area contributed by atoms with Crippen LogP contribution in [0.25, 0.3) is 28.1 Å². The van der Waals surface area contributed by atoms with Crippen molar-refractivity contribution in [3.8, 4) is 45.5 Å². The highest BCUT2D eigenvalue weighted by molar-refractivity contribution is 6.02. The van der Waals surface area contributed by atoms with Crippen molar-refractivity contribution in [2.24, 2.45) is 0 Å². The zero-order valence-corrected chi connectivity index (χ0v) is 21.8. The number of furan rings is 1. The van der Waals surface area contributed by atoms with Gasteiger partial charge in [0.05, 0.1) is 31.7 Å². The summed E-state index contributed by atoms with van der Waals surface area (Å²) in [4.78, 5) is 24.7. The molecule has 0 unspecified atom stereocenters. The molecular formula is C30H24FN3O6. The normalized spacial score (nSPS) is 10.7. The zero-order valence-electron chi connectivity index (χ0n) is 21.8. The molecule has 2 aromatic heterocycles. The van der Waals surface area contributed by atoms with Crippen LogP contribution < -0.4 is 19.5 Å². The Balaban J connectivity index is 1.68. The lowest BCUT2D eigenvalue weighted by Gasteiger charge is -2.11. The number of amides is 1. The first-order chi connectivity index (χ1) is 19.4. The lowest BCUT2D eigenvalue weighted by Crippen LogP contribution is -2.10. The summed E-state index contributed by atoms with van der Waals surface area (Å²) in [6.45, 7) is 1.29. The number of hydrogen-bond donors (Lipinski definition) is 1. The molecule has 10 heteroatoms. The molecule has 1 N–H and O–H groups in total. The summed E-state index contributed by atoms with van der Waals surface area (Å²) in [6, 6.07) is 21.0. The maximum Gasteiger partial charge on any atom is 0.309 e. The summed E-state index contributed by atoms with van der Waals surface area (Å²) < 4.78 is 36.9. The molecule has 5 rings (SSSR count). The van der Waals surface area contributed by atoms with Gasteiger partial charge in [-0.05, 0) is 66.2 Å². The van der Waals surface area contributed by atoms with Crippen LogP contribution in [0.5, 0.6) is 17.4 Å². The van der Waals surface area contributed by atoms with Gasteiger partial charge in [0.25, 0.3) is 5.91 Å². The second-order valence-corrected chi connectivity index (χ2v) is 8.62. The Morgan fingerprint density at radius 3 is 2.15 bits per heavy atom. The lowest BCUT2D eigenvalue weighted by molar-refractivity contribution is -0.132. The third kappa shape index (κ3) is 5.41. The van der Waals surface area contributed by atoms with Crippen LogP contribution in [0, 0.1) is 5.82 Å². The van der Waals surface area contributed by atoms with E-state index in [1.54, 1.807) is 54.6 Å². The maximum absolute atomic E-state index is 13.7. The number of nitrogens with one attached hydrogen (secondary N) is 1. The van der Waals surface area contributed by atoms with Gasteiger partial charge >= 0.3 is 5.97 Å². The minimum absolute atomic E-state index is 0.128. The van der Waals surface area contributed by atoms with Crippen molar-refractivity contribution in [3.05, 3.63) is 96.7 Å². The molecule has 1 amide bonds. The van der Waals surface area contributed by atoms with E-state index in [0.717, 1.165) is 0 Å². The molecule has 0 fully saturated rings. The van der Waals surface area contributed by atoms with Crippen molar-refractivity contribution >= 4 is 17.6 Å². The second-order valence-electron chi connectivity index (χ2n) is 8.62. The van der Waals surface area contributed by atoms with Gasteiger partial charge in [-0.15, -0.1) is 0 Å². The van der Waals surface area contributed by atoms with Crippen molar-refractivity contribution < 1.29 is 32.6 Å². The van der Waals surface area contributed by atoms with Crippen LogP contribution in [-0.2, 0) is 4.79 Å². The molecule has 0 spiro atoms. The topological polar surface area (TPSA) is 105 Å². The fraction of sp³-hybridized carbons (Fsp3) is 0.100. The number of rotatable bonds is 8. The van der Waals surface area contributed by atoms with Gasteiger partial charge in [0.2, 0.25) is 5.88 Å². The van der Waals surface area contributed by atoms with Crippen LogP contribution in [0.4, 0.5) is 10.1 Å². The largest absolute Gasteiger partial charge is 0.497 e. The third-order valence-corrected chi connectivity index (χ3v) is 5.96. The lowest BCUT2D eigenvalue weighted by atomic mass is 10.0. The Hall–Kier alpha value is -5.38. The van der Waals surface area contributed by atoms with Crippen LogP contribution in [0.2, 0.25) is 0 Å². The number of aromatic nitrogens is 2. The predicted octanol–water partition coefficient (Wildman–Crippen LogP) is 6.13. The summed E-state index contributed by atoms with van der Waals surface area (Å²) in [7, 11) is 3.08. The van der Waals surface area contributed by atoms with Crippen molar-refractivity contribution in [2.45, 2.75) is 6.92 Å². The smallest absolute Gasteiger partial charge is 0.309 e. The average molecular weight is 542 g/mol. The Kier molecular flexibility index (Phi) is 7.32. The predicted molar refractivity (Wildman–Crippen MR) is 145 cm³/mol. The number of ether oxygens (including phenoxy) is 3. The quantitative estimate of drug-likeness (QED) is 0.236. The van der Waals surface area contributed by atoms with E-state index in [1.165, 1.54) is 56.4 Å². The number of esters is 1. The number of hydrogen-bond acceptors (Lipinski definition) is 7. The number of carbonyl (C=O) groups excluding carboxylic acids is 2. The van der Waals surface area contributed by atoms with E-state index in [0.29, 0.717) is 45.3 Å². The van der Waals surface area contributed by atoms with Crippen LogP contribution in [0.3, 0.4) is 0 Å². The molecule has 0 radical (unpaired) electrons. The minimum Gasteiger partial charge on any atom is -0.497 e. The Bertz CT molecular complexity index is 1640. The van der Waals surface area contributed by atoms with E-state index < -0.39 is 17.7 Å². The molecule has 0 aliphatic heterocycles. The maximum atomic E-state index is 13.7. The summed E-state index contributed by atoms with van der Waals surface area (Å²) >= 11 is 0. The molecule has 40 heavy (non-hydrogen) atoms. The van der Waals surface area contributed by atoms with Gasteiger partial charge in [0.1, 0.15) is 23.0 Å². The Morgan fingerprint density at radius 1 is 0.900 bits per heavy atom. The highest BCUT2D eigenvalue weighted by Crippen LogP contribution is 2.43. The molecule has 3 aromatic carbocycles. The molecule has 0 aliphatic carbocycles. The van der Waals surface area contributed by atoms with Gasteiger partial charge in [-0.2, -0.15) is 9.78 Å². The van der Waals surface area contributed by atoms with Crippen LogP contribution in [0.15, 0.2) is 89.5 Å². The summed E-state index contributed by atoms with van der Waals surface area (Å²) in [5.74, 6) is -0.0222. The van der Waals surface area contributed by atoms with E-state index in [4.69, 9.17) is 23.7 Å². The van der Waals surface area contributed by atoms with Gasteiger partial charge < -0.3 is 23.9 Å². The Labute approximate surface area is 228 Å². The molecule has 0 bridgehead atoms. The van der Waals surface area contributed by atoms with E-state index in [9.17, 15) is 14.0 Å². The molecule has 0 saturated carbocycles. The average Bonchev–Trinajstić information content (AvgIpc) is 3.63. The van der Waals surface area contributed by atoms with E-state index in [1.807, 2.05) is 0 Å². The van der Waals surface area contributed by atoms with Crippen molar-refractivity contribution in [1.29, 1.82) is 0 Å². The standard InChI is InChI=1S/C30H24FN3O6/c1-18(35)40-30-27(19-6-10-22(11-7-19)32-29(36)26-5-4-14-39-26)28(20-15-24(37-2)17-25(16-20)38-3)33-34(30)23-12-8-21(31)9-13-23/h4-17H,1-3H3,(H,32,36). The highest BCUT2D eigenvalue weighted by Gasteiger charge is 2.25. The summed E-state index contributed by atoms with van der Waals surface area (Å²) in [6.07, 6.45) is 1.42. The third-order valence-electron chi connectivity index (χ3n) is 5.96. The molecule has 0 aliphatic rings. The number of benzene rings is 3. The van der Waals surface area contributed by atoms with E-state index in [2.05, 4.69) is 5.32 Å². The second kappa shape index (κ2) is 11.2. The van der Waals surface area contributed by atoms with Crippen LogP contribution in [-0.4, -0.2) is 35.9 Å². The summed E-state index contributed by atoms with van der Waals surface area (Å²) in [5, 5.41) is 7.56. The Morgan fingerprint density at radius 2 is 1.57 bits per heavy atom. The first-order valence-corrected chi connectivity index (χ1v) is 12.1. The molecule has 2 heterocycles. The minimum atomic E-state index is -0.568. The number of carbonyl (C=O) groups is 2. The van der Waals surface area contributed by atoms with E-state index >= 15 is 0 Å². The van der Waals surface area contributed by atoms with Crippen molar-refractivity contribution in [3.63, 3.8) is 0 Å². The van der Waals surface area contributed by atoms with Gasteiger partial charge in [-0.25, -0.2) is 4.39 Å². The van der Waals surface area contributed by atoms with E-state index in [-0.39, 0.29) is 11.6 Å².